The van der Waals surface area contributed by atoms with Gasteiger partial charge >= 0.3 is 0 Å². The first-order chi connectivity index (χ1) is 10.3. The average molecular weight is 444 g/mol. The first-order valence-electron chi connectivity index (χ1n) is 6.47. The SMILES string of the molecule is Cc1ccc(S(=O)(=O)n2c(C)c(Br)c3c(Br)ccnc32)cc1. The van der Waals surface area contributed by atoms with E-state index in [1.54, 1.807) is 43.5 Å². The molecule has 0 aliphatic rings. The average Bonchev–Trinajstić information content (AvgIpc) is 2.73. The topological polar surface area (TPSA) is 52.0 Å². The second kappa shape index (κ2) is 5.47. The molecule has 0 saturated carbocycles. The van der Waals surface area contributed by atoms with Crippen LogP contribution in [0.15, 0.2) is 50.4 Å². The maximum atomic E-state index is 13.0. The molecular weight excluding hydrogens is 432 g/mol. The van der Waals surface area contributed by atoms with Crippen LogP contribution in [0.3, 0.4) is 0 Å². The molecule has 3 aromatic rings. The van der Waals surface area contributed by atoms with Gasteiger partial charge in [-0.1, -0.05) is 17.7 Å². The Morgan fingerprint density at radius 2 is 1.68 bits per heavy atom. The van der Waals surface area contributed by atoms with E-state index in [2.05, 4.69) is 36.8 Å². The lowest BCUT2D eigenvalue weighted by Crippen LogP contribution is -2.14. The van der Waals surface area contributed by atoms with Gasteiger partial charge in [0.05, 0.1) is 9.37 Å². The Morgan fingerprint density at radius 3 is 2.32 bits per heavy atom. The normalized spacial score (nSPS) is 12.0. The van der Waals surface area contributed by atoms with Crippen molar-refractivity contribution in [1.29, 1.82) is 0 Å². The molecule has 0 fully saturated rings. The molecule has 0 amide bonds. The predicted molar refractivity (Wildman–Crippen MR) is 93.6 cm³/mol. The molecule has 0 N–H and O–H groups in total. The van der Waals surface area contributed by atoms with Gasteiger partial charge in [0, 0.05) is 21.7 Å². The number of aryl methyl sites for hydroxylation is 1. The van der Waals surface area contributed by atoms with Crippen LogP contribution in [0.5, 0.6) is 0 Å². The third-order valence-electron chi connectivity index (χ3n) is 3.47. The van der Waals surface area contributed by atoms with Crippen LogP contribution in [-0.2, 0) is 10.0 Å². The van der Waals surface area contributed by atoms with E-state index < -0.39 is 10.0 Å². The van der Waals surface area contributed by atoms with Crippen LogP contribution in [-0.4, -0.2) is 17.4 Å². The van der Waals surface area contributed by atoms with Gasteiger partial charge in [-0.05, 0) is 63.9 Å². The Hall–Kier alpha value is -1.18. The van der Waals surface area contributed by atoms with Crippen molar-refractivity contribution in [2.24, 2.45) is 0 Å². The first-order valence-corrected chi connectivity index (χ1v) is 9.50. The summed E-state index contributed by atoms with van der Waals surface area (Å²) in [6.07, 6.45) is 1.58. The van der Waals surface area contributed by atoms with Gasteiger partial charge in [0.1, 0.15) is 0 Å². The summed E-state index contributed by atoms with van der Waals surface area (Å²) in [6, 6.07) is 8.58. The van der Waals surface area contributed by atoms with Crippen molar-refractivity contribution in [3.05, 3.63) is 56.7 Å². The Labute approximate surface area is 145 Å². The first kappa shape index (κ1) is 15.7. The highest BCUT2D eigenvalue weighted by Crippen LogP contribution is 2.36. The van der Waals surface area contributed by atoms with Crippen molar-refractivity contribution in [3.63, 3.8) is 0 Å². The van der Waals surface area contributed by atoms with Gasteiger partial charge in [0.2, 0.25) is 0 Å². The molecule has 0 spiro atoms. The zero-order chi connectivity index (χ0) is 16.1. The van der Waals surface area contributed by atoms with Crippen LogP contribution in [0.2, 0.25) is 0 Å². The number of benzene rings is 1. The van der Waals surface area contributed by atoms with E-state index in [1.807, 2.05) is 6.92 Å². The number of hydrogen-bond acceptors (Lipinski definition) is 3. The van der Waals surface area contributed by atoms with Gasteiger partial charge in [-0.15, -0.1) is 0 Å². The van der Waals surface area contributed by atoms with Crippen LogP contribution in [0.25, 0.3) is 11.0 Å². The lowest BCUT2D eigenvalue weighted by molar-refractivity contribution is 0.587. The molecule has 0 radical (unpaired) electrons. The number of aromatic nitrogens is 2. The fourth-order valence-electron chi connectivity index (χ4n) is 2.32. The van der Waals surface area contributed by atoms with Crippen LogP contribution < -0.4 is 0 Å². The van der Waals surface area contributed by atoms with E-state index in [4.69, 9.17) is 0 Å². The molecule has 3 rings (SSSR count). The van der Waals surface area contributed by atoms with Crippen molar-refractivity contribution in [1.82, 2.24) is 8.96 Å². The molecular formula is C15H12Br2N2O2S. The minimum Gasteiger partial charge on any atom is -0.237 e. The van der Waals surface area contributed by atoms with Crippen LogP contribution in [0, 0.1) is 13.8 Å². The van der Waals surface area contributed by atoms with Gasteiger partial charge in [0.25, 0.3) is 10.0 Å². The summed E-state index contributed by atoms with van der Waals surface area (Å²) in [5.74, 6) is 0. The van der Waals surface area contributed by atoms with Gasteiger partial charge < -0.3 is 0 Å². The summed E-state index contributed by atoms with van der Waals surface area (Å²) in [5, 5.41) is 0.746. The van der Waals surface area contributed by atoms with E-state index in [0.29, 0.717) is 11.3 Å². The molecule has 0 saturated heterocycles. The van der Waals surface area contributed by atoms with Gasteiger partial charge in [-0.2, -0.15) is 0 Å². The third kappa shape index (κ3) is 2.31. The quantitative estimate of drug-likeness (QED) is 0.589. The molecule has 22 heavy (non-hydrogen) atoms. The second-order valence-electron chi connectivity index (χ2n) is 4.97. The van der Waals surface area contributed by atoms with Crippen LogP contribution in [0.4, 0.5) is 0 Å². The van der Waals surface area contributed by atoms with Crippen molar-refractivity contribution in [2.75, 3.05) is 0 Å². The monoisotopic (exact) mass is 442 g/mol. The Bertz CT molecular complexity index is 977. The summed E-state index contributed by atoms with van der Waals surface area (Å²) in [6.45, 7) is 3.67. The molecule has 2 heterocycles. The fourth-order valence-corrected chi connectivity index (χ4v) is 5.28. The largest absolute Gasteiger partial charge is 0.269 e. The maximum Gasteiger partial charge on any atom is 0.269 e. The van der Waals surface area contributed by atoms with E-state index in [1.165, 1.54) is 3.97 Å². The third-order valence-corrected chi connectivity index (χ3v) is 6.90. The van der Waals surface area contributed by atoms with Gasteiger partial charge in [0.15, 0.2) is 5.65 Å². The van der Waals surface area contributed by atoms with Crippen LogP contribution >= 0.6 is 31.9 Å². The van der Waals surface area contributed by atoms with Crippen molar-refractivity contribution in [3.8, 4) is 0 Å². The summed E-state index contributed by atoms with van der Waals surface area (Å²) >= 11 is 6.92. The Morgan fingerprint density at radius 1 is 1.05 bits per heavy atom. The van der Waals surface area contributed by atoms with E-state index in [9.17, 15) is 8.42 Å². The number of fused-ring (bicyclic) bond motifs is 1. The van der Waals surface area contributed by atoms with Crippen LogP contribution in [0.1, 0.15) is 11.3 Å². The van der Waals surface area contributed by atoms with Gasteiger partial charge in [-0.3, -0.25) is 0 Å². The van der Waals surface area contributed by atoms with E-state index >= 15 is 0 Å². The Balaban J connectivity index is 2.37. The summed E-state index contributed by atoms with van der Waals surface area (Å²) < 4.78 is 28.8. The second-order valence-corrected chi connectivity index (χ2v) is 8.41. The highest BCUT2D eigenvalue weighted by molar-refractivity contribution is 9.11. The number of rotatable bonds is 2. The molecule has 0 aliphatic heterocycles. The highest BCUT2D eigenvalue weighted by atomic mass is 79.9. The predicted octanol–water partition coefficient (Wildman–Crippen LogP) is 4.42. The highest BCUT2D eigenvalue weighted by Gasteiger charge is 2.25. The fraction of sp³-hybridized carbons (Fsp3) is 0.133. The molecule has 0 atom stereocenters. The van der Waals surface area contributed by atoms with Crippen molar-refractivity contribution < 1.29 is 8.42 Å². The standard InChI is InChI=1S/C15H12Br2N2O2S/c1-9-3-5-11(6-4-9)22(20,21)19-10(2)14(17)13-12(16)7-8-18-15(13)19/h3-8H,1-2H3. The molecule has 0 aliphatic carbocycles. The number of pyridine rings is 1. The van der Waals surface area contributed by atoms with Crippen molar-refractivity contribution >= 4 is 52.9 Å². The number of hydrogen-bond donors (Lipinski definition) is 0. The number of halogens is 2. The zero-order valence-corrected chi connectivity index (χ0v) is 15.8. The molecule has 0 bridgehead atoms. The maximum absolute atomic E-state index is 13.0. The smallest absolute Gasteiger partial charge is 0.237 e. The molecule has 4 nitrogen and oxygen atoms in total. The van der Waals surface area contributed by atoms with Crippen molar-refractivity contribution in [2.45, 2.75) is 18.7 Å². The summed E-state index contributed by atoms with van der Waals surface area (Å²) in [4.78, 5) is 4.50. The summed E-state index contributed by atoms with van der Waals surface area (Å²) in [5.41, 5.74) is 2.00. The zero-order valence-electron chi connectivity index (χ0n) is 11.8. The van der Waals surface area contributed by atoms with E-state index in [-0.39, 0.29) is 4.90 Å². The molecule has 114 valence electrons. The lowest BCUT2D eigenvalue weighted by Gasteiger charge is -2.09. The number of nitrogens with zero attached hydrogens (tertiary/aromatic N) is 2. The minimum atomic E-state index is -3.71. The van der Waals surface area contributed by atoms with E-state index in [0.717, 1.165) is 19.9 Å². The molecule has 0 unspecified atom stereocenters. The molecule has 2 aromatic heterocycles. The Kier molecular flexibility index (Phi) is 3.91. The lowest BCUT2D eigenvalue weighted by atomic mass is 10.2. The summed E-state index contributed by atoms with van der Waals surface area (Å²) in [7, 11) is -3.71. The molecule has 1 aromatic carbocycles. The minimum absolute atomic E-state index is 0.243. The van der Waals surface area contributed by atoms with Gasteiger partial charge in [-0.25, -0.2) is 17.4 Å². The molecule has 7 heteroatoms.